The third-order valence-corrected chi connectivity index (χ3v) is 6.34. The fourth-order valence-corrected chi connectivity index (χ4v) is 4.97. The Kier molecular flexibility index (Phi) is 6.31. The molecular weight excluding hydrogens is 414 g/mol. The first-order chi connectivity index (χ1) is 13.2. The van der Waals surface area contributed by atoms with Crippen LogP contribution in [0.4, 0.5) is 0 Å². The van der Waals surface area contributed by atoms with Crippen LogP contribution in [0.1, 0.15) is 63.6 Å². The van der Waals surface area contributed by atoms with E-state index in [9.17, 15) is 9.90 Å². The Morgan fingerprint density at radius 1 is 1.14 bits per heavy atom. The Labute approximate surface area is 176 Å². The van der Waals surface area contributed by atoms with Crippen LogP contribution in [0.25, 0.3) is 0 Å². The van der Waals surface area contributed by atoms with Crippen molar-refractivity contribution in [1.29, 1.82) is 0 Å². The molecule has 2 atom stereocenters. The Balaban J connectivity index is 1.88. The van der Waals surface area contributed by atoms with Gasteiger partial charge in [-0.1, -0.05) is 65.3 Å². The molecule has 0 aromatic heterocycles. The minimum Gasteiger partial charge on any atom is -0.390 e. The molecule has 0 saturated carbocycles. The number of likely N-dealkylation sites (tertiary alicyclic amines) is 1. The lowest BCUT2D eigenvalue weighted by molar-refractivity contribution is -0.140. The van der Waals surface area contributed by atoms with E-state index < -0.39 is 5.60 Å². The number of piperidine rings is 1. The van der Waals surface area contributed by atoms with Gasteiger partial charge in [0.15, 0.2) is 0 Å². The van der Waals surface area contributed by atoms with Crippen LogP contribution in [0.5, 0.6) is 0 Å². The van der Waals surface area contributed by atoms with E-state index >= 15 is 0 Å². The van der Waals surface area contributed by atoms with Crippen molar-refractivity contribution in [2.24, 2.45) is 0 Å². The summed E-state index contributed by atoms with van der Waals surface area (Å²) in [5, 5.41) is 10.6. The van der Waals surface area contributed by atoms with Gasteiger partial charge in [-0.3, -0.25) is 4.79 Å². The highest BCUT2D eigenvalue weighted by Gasteiger charge is 2.44. The SMILES string of the molecule is CC[C@@H](c1ccc(Br)cc1)N1CCC(CC(C)(C)O)(c2ccccc2)CC1=O. The fourth-order valence-electron chi connectivity index (χ4n) is 4.71. The number of carbonyl (C=O) groups excluding carboxylic acids is 1. The fraction of sp³-hybridized carbons (Fsp3) is 0.458. The highest BCUT2D eigenvalue weighted by molar-refractivity contribution is 9.10. The van der Waals surface area contributed by atoms with Gasteiger partial charge in [-0.25, -0.2) is 0 Å². The lowest BCUT2D eigenvalue weighted by Crippen LogP contribution is -2.50. The molecule has 1 fully saturated rings. The van der Waals surface area contributed by atoms with Gasteiger partial charge in [0.25, 0.3) is 0 Å². The Bertz CT molecular complexity index is 798. The van der Waals surface area contributed by atoms with Crippen LogP contribution in [0.2, 0.25) is 0 Å². The van der Waals surface area contributed by atoms with Crippen LogP contribution >= 0.6 is 15.9 Å². The largest absolute Gasteiger partial charge is 0.390 e. The van der Waals surface area contributed by atoms with Gasteiger partial charge in [0, 0.05) is 22.9 Å². The Morgan fingerprint density at radius 2 is 1.79 bits per heavy atom. The topological polar surface area (TPSA) is 40.5 Å². The van der Waals surface area contributed by atoms with Crippen molar-refractivity contribution in [3.63, 3.8) is 0 Å². The predicted octanol–water partition coefficient (Wildman–Crippen LogP) is 5.62. The number of hydrogen-bond donors (Lipinski definition) is 1. The molecule has 28 heavy (non-hydrogen) atoms. The summed E-state index contributed by atoms with van der Waals surface area (Å²) in [7, 11) is 0. The number of nitrogens with zero attached hydrogens (tertiary/aromatic N) is 1. The summed E-state index contributed by atoms with van der Waals surface area (Å²) >= 11 is 3.49. The predicted molar refractivity (Wildman–Crippen MR) is 117 cm³/mol. The summed E-state index contributed by atoms with van der Waals surface area (Å²) in [5.41, 5.74) is 1.19. The summed E-state index contributed by atoms with van der Waals surface area (Å²) in [6.45, 7) is 6.52. The number of halogens is 1. The molecule has 3 nitrogen and oxygen atoms in total. The van der Waals surface area contributed by atoms with E-state index in [-0.39, 0.29) is 17.4 Å². The molecule has 1 aliphatic rings. The van der Waals surface area contributed by atoms with Gasteiger partial charge in [0.1, 0.15) is 0 Å². The third-order valence-electron chi connectivity index (χ3n) is 5.82. The average molecular weight is 444 g/mol. The number of benzene rings is 2. The van der Waals surface area contributed by atoms with Crippen molar-refractivity contribution in [3.05, 3.63) is 70.2 Å². The molecule has 1 heterocycles. The summed E-state index contributed by atoms with van der Waals surface area (Å²) in [6.07, 6.45) is 2.77. The van der Waals surface area contributed by atoms with Gasteiger partial charge < -0.3 is 10.0 Å². The molecule has 0 bridgehead atoms. The number of rotatable bonds is 6. The summed E-state index contributed by atoms with van der Waals surface area (Å²) in [6, 6.07) is 18.6. The molecule has 0 spiro atoms. The summed E-state index contributed by atoms with van der Waals surface area (Å²) in [5.74, 6) is 0.175. The van der Waals surface area contributed by atoms with E-state index in [2.05, 4.69) is 47.1 Å². The first kappa shape index (κ1) is 21.1. The van der Waals surface area contributed by atoms with Crippen molar-refractivity contribution < 1.29 is 9.90 Å². The van der Waals surface area contributed by atoms with Gasteiger partial charge >= 0.3 is 0 Å². The Morgan fingerprint density at radius 3 is 2.32 bits per heavy atom. The minimum atomic E-state index is -0.825. The van der Waals surface area contributed by atoms with E-state index in [0.29, 0.717) is 19.4 Å². The van der Waals surface area contributed by atoms with Gasteiger partial charge in [0.05, 0.1) is 11.6 Å². The maximum Gasteiger partial charge on any atom is 0.223 e. The zero-order valence-electron chi connectivity index (χ0n) is 17.0. The zero-order chi connectivity index (χ0) is 20.4. The van der Waals surface area contributed by atoms with E-state index in [4.69, 9.17) is 0 Å². The quantitative estimate of drug-likeness (QED) is 0.628. The maximum absolute atomic E-state index is 13.3. The summed E-state index contributed by atoms with van der Waals surface area (Å²) in [4.78, 5) is 15.4. The monoisotopic (exact) mass is 443 g/mol. The molecule has 0 radical (unpaired) electrons. The maximum atomic E-state index is 13.3. The normalized spacial score (nSPS) is 21.6. The first-order valence-electron chi connectivity index (χ1n) is 10.1. The van der Waals surface area contributed by atoms with Crippen LogP contribution in [0.3, 0.4) is 0 Å². The molecule has 150 valence electrons. The van der Waals surface area contributed by atoms with Gasteiger partial charge in [-0.15, -0.1) is 0 Å². The second-order valence-electron chi connectivity index (χ2n) is 8.63. The van der Waals surface area contributed by atoms with Gasteiger partial charge in [0.2, 0.25) is 5.91 Å². The molecule has 1 amide bonds. The molecule has 0 aliphatic carbocycles. The van der Waals surface area contributed by atoms with Crippen LogP contribution in [-0.2, 0) is 10.2 Å². The van der Waals surface area contributed by atoms with Gasteiger partial charge in [-0.05, 0) is 56.4 Å². The minimum absolute atomic E-state index is 0.0940. The standard InChI is InChI=1S/C24H30BrNO2/c1-4-21(18-10-12-20(25)13-11-18)26-15-14-24(16-22(26)27,17-23(2,3)28)19-8-6-5-7-9-19/h5-13,21,28H,4,14-17H2,1-3H3/t21-,24?/m0/s1. The van der Waals surface area contributed by atoms with Crippen LogP contribution < -0.4 is 0 Å². The Hall–Kier alpha value is -1.65. The first-order valence-corrected chi connectivity index (χ1v) is 10.9. The summed E-state index contributed by atoms with van der Waals surface area (Å²) < 4.78 is 1.05. The zero-order valence-corrected chi connectivity index (χ0v) is 18.6. The molecule has 1 saturated heterocycles. The van der Waals surface area contributed by atoms with E-state index in [1.807, 2.05) is 49.1 Å². The van der Waals surface area contributed by atoms with Crippen LogP contribution in [-0.4, -0.2) is 28.1 Å². The smallest absolute Gasteiger partial charge is 0.223 e. The van der Waals surface area contributed by atoms with Gasteiger partial charge in [-0.2, -0.15) is 0 Å². The van der Waals surface area contributed by atoms with Crippen molar-refractivity contribution in [3.8, 4) is 0 Å². The van der Waals surface area contributed by atoms with E-state index in [0.717, 1.165) is 22.9 Å². The van der Waals surface area contributed by atoms with Crippen molar-refractivity contribution in [1.82, 2.24) is 4.90 Å². The van der Waals surface area contributed by atoms with Crippen molar-refractivity contribution >= 4 is 21.8 Å². The second kappa shape index (κ2) is 8.38. The number of carbonyl (C=O) groups is 1. The molecule has 2 aromatic carbocycles. The average Bonchev–Trinajstić information content (AvgIpc) is 2.65. The number of aliphatic hydroxyl groups is 1. The molecule has 3 rings (SSSR count). The lowest BCUT2D eigenvalue weighted by Gasteiger charge is -2.46. The van der Waals surface area contributed by atoms with Crippen molar-refractivity contribution in [2.75, 3.05) is 6.54 Å². The number of amides is 1. The third kappa shape index (κ3) is 4.66. The van der Waals surface area contributed by atoms with Crippen LogP contribution in [0.15, 0.2) is 59.1 Å². The highest BCUT2D eigenvalue weighted by atomic mass is 79.9. The highest BCUT2D eigenvalue weighted by Crippen LogP contribution is 2.44. The second-order valence-corrected chi connectivity index (χ2v) is 9.54. The molecule has 1 aliphatic heterocycles. The van der Waals surface area contributed by atoms with E-state index in [1.54, 1.807) is 0 Å². The van der Waals surface area contributed by atoms with E-state index in [1.165, 1.54) is 5.56 Å². The molecule has 2 aromatic rings. The van der Waals surface area contributed by atoms with Crippen molar-refractivity contribution in [2.45, 2.75) is 63.5 Å². The molecule has 1 unspecified atom stereocenters. The molecular formula is C24H30BrNO2. The molecule has 1 N–H and O–H groups in total. The van der Waals surface area contributed by atoms with Crippen LogP contribution in [0, 0.1) is 0 Å². The molecule has 4 heteroatoms. The lowest BCUT2D eigenvalue weighted by atomic mass is 9.66. The number of hydrogen-bond acceptors (Lipinski definition) is 2.